The highest BCUT2D eigenvalue weighted by molar-refractivity contribution is 5.66. The summed E-state index contributed by atoms with van der Waals surface area (Å²) in [5, 5.41) is 0. The number of aldehydes is 2. The van der Waals surface area contributed by atoms with E-state index in [-0.39, 0.29) is 6.42 Å². The number of rotatable bonds is 6. The summed E-state index contributed by atoms with van der Waals surface area (Å²) in [6.07, 6.45) is 1.87. The second-order valence-corrected chi connectivity index (χ2v) is 2.38. The molecule has 0 aromatic rings. The number of carbonyl (C=O) groups excluding carboxylic acids is 3. The Labute approximate surface area is 70.9 Å². The van der Waals surface area contributed by atoms with Crippen LogP contribution in [0, 0.1) is 0 Å². The second kappa shape index (κ2) is 6.52. The molecule has 0 aromatic carbocycles. The van der Waals surface area contributed by atoms with Crippen molar-refractivity contribution in [1.29, 1.82) is 0 Å². The predicted molar refractivity (Wildman–Crippen MR) is 41.5 cm³/mol. The molecule has 0 amide bonds. The lowest BCUT2D eigenvalue weighted by Crippen LogP contribution is -2.16. The van der Waals surface area contributed by atoms with Gasteiger partial charge >= 0.3 is 5.97 Å². The lowest BCUT2D eigenvalue weighted by Gasteiger charge is -2.11. The van der Waals surface area contributed by atoms with Crippen molar-refractivity contribution in [1.82, 2.24) is 0 Å². The highest BCUT2D eigenvalue weighted by atomic mass is 16.5. The molecule has 1 atom stereocenters. The summed E-state index contributed by atoms with van der Waals surface area (Å²) in [5.74, 6) is -0.423. The third-order valence-electron chi connectivity index (χ3n) is 1.30. The van der Waals surface area contributed by atoms with Crippen LogP contribution in [0.5, 0.6) is 0 Å². The Morgan fingerprint density at radius 2 is 2.08 bits per heavy atom. The van der Waals surface area contributed by atoms with Crippen LogP contribution in [0.3, 0.4) is 0 Å². The van der Waals surface area contributed by atoms with Crippen molar-refractivity contribution in [3.8, 4) is 0 Å². The van der Waals surface area contributed by atoms with Gasteiger partial charge in [-0.3, -0.25) is 4.79 Å². The average Bonchev–Trinajstić information content (AvgIpc) is 2.00. The van der Waals surface area contributed by atoms with Gasteiger partial charge in [-0.1, -0.05) is 0 Å². The van der Waals surface area contributed by atoms with Gasteiger partial charge in [-0.05, 0) is 6.42 Å². The minimum Gasteiger partial charge on any atom is -0.462 e. The molecule has 0 unspecified atom stereocenters. The van der Waals surface area contributed by atoms with Crippen LogP contribution in [0.2, 0.25) is 0 Å². The van der Waals surface area contributed by atoms with Crippen molar-refractivity contribution >= 4 is 18.5 Å². The first-order chi connectivity index (χ1) is 5.70. The number of hydrogen-bond acceptors (Lipinski definition) is 4. The van der Waals surface area contributed by atoms with Crippen molar-refractivity contribution in [2.75, 3.05) is 0 Å². The largest absolute Gasteiger partial charge is 0.462 e. The van der Waals surface area contributed by atoms with E-state index in [1.807, 2.05) is 0 Å². The Kier molecular flexibility index (Phi) is 5.87. The summed E-state index contributed by atoms with van der Waals surface area (Å²) in [4.78, 5) is 30.5. The Morgan fingerprint density at radius 1 is 1.42 bits per heavy atom. The summed E-state index contributed by atoms with van der Waals surface area (Å²) in [5.41, 5.74) is 0. The van der Waals surface area contributed by atoms with Crippen LogP contribution in [0.1, 0.15) is 26.2 Å². The Hall–Kier alpha value is -1.19. The number of esters is 1. The summed E-state index contributed by atoms with van der Waals surface area (Å²) in [7, 11) is 0. The van der Waals surface area contributed by atoms with Gasteiger partial charge in [0.15, 0.2) is 0 Å². The Morgan fingerprint density at radius 3 is 2.50 bits per heavy atom. The van der Waals surface area contributed by atoms with Crippen LogP contribution in [0.25, 0.3) is 0 Å². The Balaban J connectivity index is 3.75. The van der Waals surface area contributed by atoms with Gasteiger partial charge in [-0.25, -0.2) is 0 Å². The maximum absolute atomic E-state index is 10.5. The van der Waals surface area contributed by atoms with Gasteiger partial charge in [0.05, 0.1) is 0 Å². The molecule has 68 valence electrons. The summed E-state index contributed by atoms with van der Waals surface area (Å²) < 4.78 is 4.76. The van der Waals surface area contributed by atoms with E-state index >= 15 is 0 Å². The molecule has 0 rings (SSSR count). The molecule has 0 saturated carbocycles. The molecular formula is C8H12O4. The number of hydrogen-bond donors (Lipinski definition) is 0. The van der Waals surface area contributed by atoms with Gasteiger partial charge in [0, 0.05) is 19.8 Å². The van der Waals surface area contributed by atoms with E-state index in [1.165, 1.54) is 6.92 Å². The van der Waals surface area contributed by atoms with Crippen molar-refractivity contribution < 1.29 is 19.1 Å². The maximum Gasteiger partial charge on any atom is 0.302 e. The molecule has 4 heteroatoms. The molecule has 0 aromatic heterocycles. The molecule has 0 N–H and O–H groups in total. The monoisotopic (exact) mass is 172 g/mol. The Bertz CT molecular complexity index is 164. The molecule has 0 radical (unpaired) electrons. The van der Waals surface area contributed by atoms with Gasteiger partial charge in [0.25, 0.3) is 0 Å². The molecule has 0 aliphatic rings. The fourth-order valence-electron chi connectivity index (χ4n) is 0.821. The topological polar surface area (TPSA) is 60.4 Å². The summed E-state index contributed by atoms with van der Waals surface area (Å²) in [6, 6.07) is 0. The van der Waals surface area contributed by atoms with Crippen molar-refractivity contribution in [2.45, 2.75) is 32.3 Å². The molecule has 0 heterocycles. The van der Waals surface area contributed by atoms with E-state index in [1.54, 1.807) is 0 Å². The van der Waals surface area contributed by atoms with Crippen LogP contribution < -0.4 is 0 Å². The molecule has 12 heavy (non-hydrogen) atoms. The molecular weight excluding hydrogens is 160 g/mol. The molecule has 4 nitrogen and oxygen atoms in total. The smallest absolute Gasteiger partial charge is 0.302 e. The van der Waals surface area contributed by atoms with Gasteiger partial charge < -0.3 is 14.3 Å². The van der Waals surface area contributed by atoms with Gasteiger partial charge in [-0.2, -0.15) is 0 Å². The zero-order chi connectivity index (χ0) is 9.40. The maximum atomic E-state index is 10.5. The van der Waals surface area contributed by atoms with E-state index in [0.717, 1.165) is 6.29 Å². The third kappa shape index (κ3) is 5.58. The van der Waals surface area contributed by atoms with Crippen LogP contribution >= 0.6 is 0 Å². The summed E-state index contributed by atoms with van der Waals surface area (Å²) >= 11 is 0. The number of ether oxygens (including phenoxy) is 1. The first kappa shape index (κ1) is 10.8. The van der Waals surface area contributed by atoms with E-state index in [0.29, 0.717) is 19.1 Å². The van der Waals surface area contributed by atoms with E-state index in [9.17, 15) is 14.4 Å². The molecule has 0 spiro atoms. The van der Waals surface area contributed by atoms with Crippen molar-refractivity contribution in [3.05, 3.63) is 0 Å². The van der Waals surface area contributed by atoms with Gasteiger partial charge in [0.2, 0.25) is 0 Å². The van der Waals surface area contributed by atoms with Crippen molar-refractivity contribution in [3.63, 3.8) is 0 Å². The van der Waals surface area contributed by atoms with E-state index < -0.39 is 12.1 Å². The fourth-order valence-corrected chi connectivity index (χ4v) is 0.821. The molecule has 0 aliphatic heterocycles. The molecule has 0 saturated heterocycles. The second-order valence-electron chi connectivity index (χ2n) is 2.38. The first-order valence-corrected chi connectivity index (χ1v) is 3.75. The zero-order valence-corrected chi connectivity index (χ0v) is 6.99. The SMILES string of the molecule is CC(=O)O[C@H](CC=O)CCC=O. The molecule has 0 bridgehead atoms. The van der Waals surface area contributed by atoms with E-state index in [4.69, 9.17) is 4.74 Å². The van der Waals surface area contributed by atoms with Gasteiger partial charge in [-0.15, -0.1) is 0 Å². The minimum atomic E-state index is -0.440. The van der Waals surface area contributed by atoms with Crippen LogP contribution in [0.4, 0.5) is 0 Å². The molecule has 0 aliphatic carbocycles. The minimum absolute atomic E-state index is 0.160. The van der Waals surface area contributed by atoms with E-state index in [2.05, 4.69) is 0 Å². The first-order valence-electron chi connectivity index (χ1n) is 3.75. The molecule has 0 fully saturated rings. The lowest BCUT2D eigenvalue weighted by atomic mass is 10.1. The highest BCUT2D eigenvalue weighted by Crippen LogP contribution is 2.04. The van der Waals surface area contributed by atoms with Crippen LogP contribution in [-0.4, -0.2) is 24.6 Å². The van der Waals surface area contributed by atoms with Gasteiger partial charge in [0.1, 0.15) is 18.7 Å². The number of carbonyl (C=O) groups is 3. The third-order valence-corrected chi connectivity index (χ3v) is 1.30. The zero-order valence-electron chi connectivity index (χ0n) is 6.99. The summed E-state index contributed by atoms with van der Waals surface area (Å²) in [6.45, 7) is 1.28. The average molecular weight is 172 g/mol. The quantitative estimate of drug-likeness (QED) is 0.432. The van der Waals surface area contributed by atoms with Crippen molar-refractivity contribution in [2.24, 2.45) is 0 Å². The standard InChI is InChI=1S/C8H12O4/c1-7(11)12-8(4-6-10)3-2-5-9/h5-6,8H,2-4H2,1H3/t8-/m0/s1. The fraction of sp³-hybridized carbons (Fsp3) is 0.625. The van der Waals surface area contributed by atoms with Crippen LogP contribution in [-0.2, 0) is 19.1 Å². The van der Waals surface area contributed by atoms with Crippen LogP contribution in [0.15, 0.2) is 0 Å². The normalized spacial score (nSPS) is 11.8. The lowest BCUT2D eigenvalue weighted by molar-refractivity contribution is -0.147. The highest BCUT2D eigenvalue weighted by Gasteiger charge is 2.10. The predicted octanol–water partition coefficient (Wildman–Crippen LogP) is 0.486.